The highest BCUT2D eigenvalue weighted by Crippen LogP contribution is 2.09. The lowest BCUT2D eigenvalue weighted by Gasteiger charge is -2.26. The number of aryl methyl sites for hydroxylation is 1. The predicted molar refractivity (Wildman–Crippen MR) is 68.7 cm³/mol. The minimum Gasteiger partial charge on any atom is -0.379 e. The van der Waals surface area contributed by atoms with Gasteiger partial charge in [0, 0.05) is 31.7 Å². The summed E-state index contributed by atoms with van der Waals surface area (Å²) < 4.78 is 7.49. The van der Waals surface area contributed by atoms with E-state index >= 15 is 0 Å². The molecular weight excluding hydrogens is 228 g/mol. The second-order valence-corrected chi connectivity index (χ2v) is 4.68. The highest BCUT2D eigenvalue weighted by molar-refractivity contribution is 5.39. The lowest BCUT2D eigenvalue weighted by Crippen LogP contribution is -2.37. The molecule has 2 aromatic heterocycles. The Labute approximate surface area is 106 Å². The predicted octanol–water partition coefficient (Wildman–Crippen LogP) is 0.912. The Morgan fingerprint density at radius 2 is 2.06 bits per heavy atom. The number of fused-ring (bicyclic) bond motifs is 1. The first-order valence-electron chi connectivity index (χ1n) is 6.44. The highest BCUT2D eigenvalue weighted by atomic mass is 16.5. The largest absolute Gasteiger partial charge is 0.379 e. The Bertz CT molecular complexity index is 531. The van der Waals surface area contributed by atoms with Crippen molar-refractivity contribution in [1.82, 2.24) is 19.5 Å². The molecule has 0 saturated carbocycles. The molecule has 1 fully saturated rings. The zero-order chi connectivity index (χ0) is 12.4. The van der Waals surface area contributed by atoms with Gasteiger partial charge < -0.3 is 4.74 Å². The van der Waals surface area contributed by atoms with Crippen LogP contribution in [0.4, 0.5) is 0 Å². The molecular formula is C13H18N4O. The third kappa shape index (κ3) is 2.23. The van der Waals surface area contributed by atoms with Crippen molar-refractivity contribution in [3.63, 3.8) is 0 Å². The number of aromatic nitrogens is 3. The van der Waals surface area contributed by atoms with Crippen LogP contribution in [-0.4, -0.2) is 52.3 Å². The quantitative estimate of drug-likeness (QED) is 0.807. The van der Waals surface area contributed by atoms with E-state index in [1.54, 1.807) is 0 Å². The molecule has 0 radical (unpaired) electrons. The second-order valence-electron chi connectivity index (χ2n) is 4.68. The van der Waals surface area contributed by atoms with Crippen LogP contribution >= 0.6 is 0 Å². The number of hydrogen-bond acceptors (Lipinski definition) is 4. The van der Waals surface area contributed by atoms with Gasteiger partial charge >= 0.3 is 0 Å². The fourth-order valence-electron chi connectivity index (χ4n) is 2.42. The van der Waals surface area contributed by atoms with Crippen molar-refractivity contribution in [1.29, 1.82) is 0 Å². The number of nitrogens with zero attached hydrogens (tertiary/aromatic N) is 4. The first-order valence-corrected chi connectivity index (χ1v) is 6.44. The van der Waals surface area contributed by atoms with Crippen LogP contribution in [0.5, 0.6) is 0 Å². The van der Waals surface area contributed by atoms with E-state index in [0.717, 1.165) is 50.7 Å². The zero-order valence-electron chi connectivity index (χ0n) is 10.7. The molecule has 0 bridgehead atoms. The van der Waals surface area contributed by atoms with Crippen molar-refractivity contribution < 1.29 is 4.74 Å². The summed E-state index contributed by atoms with van der Waals surface area (Å²) in [4.78, 5) is 2.42. The molecule has 1 aliphatic heterocycles. The maximum Gasteiger partial charge on any atom is 0.160 e. The van der Waals surface area contributed by atoms with Crippen molar-refractivity contribution in [2.24, 2.45) is 0 Å². The zero-order valence-corrected chi connectivity index (χ0v) is 10.7. The van der Waals surface area contributed by atoms with E-state index in [4.69, 9.17) is 4.74 Å². The van der Waals surface area contributed by atoms with Gasteiger partial charge in [-0.2, -0.15) is 0 Å². The molecule has 1 aliphatic rings. The topological polar surface area (TPSA) is 42.7 Å². The fraction of sp³-hybridized carbons (Fsp3) is 0.538. The molecule has 0 spiro atoms. The summed E-state index contributed by atoms with van der Waals surface area (Å²) in [7, 11) is 0. The van der Waals surface area contributed by atoms with Gasteiger partial charge in [-0.3, -0.25) is 9.30 Å². The van der Waals surface area contributed by atoms with Gasteiger partial charge in [-0.15, -0.1) is 10.2 Å². The lowest BCUT2D eigenvalue weighted by molar-refractivity contribution is 0.0382. The Kier molecular flexibility index (Phi) is 3.25. The normalized spacial score (nSPS) is 17.4. The summed E-state index contributed by atoms with van der Waals surface area (Å²) in [5.41, 5.74) is 2.13. The molecule has 2 aromatic rings. The average Bonchev–Trinajstić information content (AvgIpc) is 2.82. The SMILES string of the molecule is Cc1cccc2nnc(CCN3CCOCC3)n12. The molecule has 0 aromatic carbocycles. The summed E-state index contributed by atoms with van der Waals surface area (Å²) in [5.74, 6) is 1.05. The number of morpholine rings is 1. The van der Waals surface area contributed by atoms with Crippen LogP contribution in [-0.2, 0) is 11.2 Å². The van der Waals surface area contributed by atoms with Crippen LogP contribution in [0, 0.1) is 6.92 Å². The summed E-state index contributed by atoms with van der Waals surface area (Å²) in [5, 5.41) is 8.51. The highest BCUT2D eigenvalue weighted by Gasteiger charge is 2.12. The van der Waals surface area contributed by atoms with Gasteiger partial charge in [-0.05, 0) is 19.1 Å². The third-order valence-corrected chi connectivity index (χ3v) is 3.45. The maximum absolute atomic E-state index is 5.35. The van der Waals surface area contributed by atoms with Gasteiger partial charge in [0.15, 0.2) is 5.65 Å². The fourth-order valence-corrected chi connectivity index (χ4v) is 2.42. The monoisotopic (exact) mass is 246 g/mol. The number of ether oxygens (including phenoxy) is 1. The second kappa shape index (κ2) is 5.04. The van der Waals surface area contributed by atoms with Gasteiger partial charge in [0.1, 0.15) is 5.82 Å². The minimum atomic E-state index is 0.847. The maximum atomic E-state index is 5.35. The van der Waals surface area contributed by atoms with E-state index in [0.29, 0.717) is 0 Å². The number of rotatable bonds is 3. The van der Waals surface area contributed by atoms with Gasteiger partial charge in [0.05, 0.1) is 13.2 Å². The Morgan fingerprint density at radius 3 is 2.89 bits per heavy atom. The first kappa shape index (κ1) is 11.6. The summed E-state index contributed by atoms with van der Waals surface area (Å²) in [6, 6.07) is 6.11. The van der Waals surface area contributed by atoms with Crippen LogP contribution in [0.2, 0.25) is 0 Å². The van der Waals surface area contributed by atoms with Gasteiger partial charge in [0.25, 0.3) is 0 Å². The molecule has 96 valence electrons. The molecule has 18 heavy (non-hydrogen) atoms. The molecule has 5 heteroatoms. The first-order chi connectivity index (χ1) is 8.84. The third-order valence-electron chi connectivity index (χ3n) is 3.45. The summed E-state index contributed by atoms with van der Waals surface area (Å²) in [6.07, 6.45) is 0.937. The standard InChI is InChI=1S/C13H18N4O/c1-11-3-2-4-12-14-15-13(17(11)12)5-6-16-7-9-18-10-8-16/h2-4H,5-10H2,1H3. The van der Waals surface area contributed by atoms with Crippen molar-refractivity contribution in [2.45, 2.75) is 13.3 Å². The molecule has 1 saturated heterocycles. The van der Waals surface area contributed by atoms with E-state index in [1.165, 1.54) is 5.69 Å². The van der Waals surface area contributed by atoms with Gasteiger partial charge in [-0.25, -0.2) is 0 Å². The summed E-state index contributed by atoms with van der Waals surface area (Å²) >= 11 is 0. The van der Waals surface area contributed by atoms with Gasteiger partial charge in [-0.1, -0.05) is 6.07 Å². The van der Waals surface area contributed by atoms with E-state index in [2.05, 4.69) is 32.5 Å². The molecule has 0 aliphatic carbocycles. The van der Waals surface area contributed by atoms with Crippen LogP contribution in [0.25, 0.3) is 5.65 Å². The molecule has 0 unspecified atom stereocenters. The number of pyridine rings is 1. The number of hydrogen-bond donors (Lipinski definition) is 0. The van der Waals surface area contributed by atoms with Crippen molar-refractivity contribution in [3.8, 4) is 0 Å². The lowest BCUT2D eigenvalue weighted by atomic mass is 10.3. The van der Waals surface area contributed by atoms with Crippen LogP contribution < -0.4 is 0 Å². The molecule has 5 nitrogen and oxygen atoms in total. The van der Waals surface area contributed by atoms with Crippen LogP contribution in [0.3, 0.4) is 0 Å². The molecule has 3 heterocycles. The van der Waals surface area contributed by atoms with Crippen LogP contribution in [0.1, 0.15) is 11.5 Å². The van der Waals surface area contributed by atoms with E-state index in [9.17, 15) is 0 Å². The van der Waals surface area contributed by atoms with Crippen LogP contribution in [0.15, 0.2) is 18.2 Å². The van der Waals surface area contributed by atoms with Crippen molar-refractivity contribution >= 4 is 5.65 Å². The summed E-state index contributed by atoms with van der Waals surface area (Å²) in [6.45, 7) is 6.86. The molecule has 3 rings (SSSR count). The Balaban J connectivity index is 1.74. The Morgan fingerprint density at radius 1 is 1.22 bits per heavy atom. The molecule has 0 N–H and O–H groups in total. The molecule has 0 atom stereocenters. The average molecular weight is 246 g/mol. The van der Waals surface area contributed by atoms with Crippen molar-refractivity contribution in [2.75, 3.05) is 32.8 Å². The van der Waals surface area contributed by atoms with E-state index in [1.807, 2.05) is 12.1 Å². The smallest absolute Gasteiger partial charge is 0.160 e. The minimum absolute atomic E-state index is 0.847. The van der Waals surface area contributed by atoms with E-state index < -0.39 is 0 Å². The van der Waals surface area contributed by atoms with Crippen molar-refractivity contribution in [3.05, 3.63) is 29.7 Å². The Hall–Kier alpha value is -1.46. The van der Waals surface area contributed by atoms with E-state index in [-0.39, 0.29) is 0 Å². The van der Waals surface area contributed by atoms with Gasteiger partial charge in [0.2, 0.25) is 0 Å². The molecule has 0 amide bonds.